The first-order valence-corrected chi connectivity index (χ1v) is 13.2. The molecule has 0 saturated carbocycles. The van der Waals surface area contributed by atoms with Gasteiger partial charge in [-0.25, -0.2) is 0 Å². The maximum atomic E-state index is 13.7. The maximum Gasteiger partial charge on any atom is 0.254 e. The molecule has 0 fully saturated rings. The zero-order valence-electron chi connectivity index (χ0n) is 20.4. The molecule has 5 nitrogen and oxygen atoms in total. The zero-order chi connectivity index (χ0) is 24.9. The standard InChI is InChI=1S/C28H31ClN2O3S/c1-4-20(3)31(28(33)21-6-5-7-22(29)16-21)17-27(32)30-14-12-26-24(13-15-35-26)25(30)18-34-23-10-8-19(2)9-11-23/h5-11,13,15-16,20,25H,4,12,14,17-18H2,1-3H3/t20-,25+/m1/s1. The van der Waals surface area contributed by atoms with Crippen molar-refractivity contribution >= 4 is 34.8 Å². The monoisotopic (exact) mass is 510 g/mol. The summed E-state index contributed by atoms with van der Waals surface area (Å²) in [4.78, 5) is 31.9. The summed E-state index contributed by atoms with van der Waals surface area (Å²) in [6.07, 6.45) is 1.56. The van der Waals surface area contributed by atoms with E-state index in [-0.39, 0.29) is 30.4 Å². The van der Waals surface area contributed by atoms with Gasteiger partial charge in [-0.15, -0.1) is 11.3 Å². The molecule has 1 aromatic heterocycles. The van der Waals surface area contributed by atoms with Gasteiger partial charge in [0, 0.05) is 28.0 Å². The molecule has 0 saturated heterocycles. The van der Waals surface area contributed by atoms with Crippen LogP contribution in [-0.2, 0) is 11.2 Å². The van der Waals surface area contributed by atoms with Crippen molar-refractivity contribution in [1.29, 1.82) is 0 Å². The van der Waals surface area contributed by atoms with Crippen LogP contribution in [0.1, 0.15) is 52.7 Å². The number of rotatable bonds is 8. The van der Waals surface area contributed by atoms with Crippen molar-refractivity contribution in [2.75, 3.05) is 19.7 Å². The van der Waals surface area contributed by atoms with Gasteiger partial charge < -0.3 is 14.5 Å². The van der Waals surface area contributed by atoms with Gasteiger partial charge in [-0.3, -0.25) is 9.59 Å². The van der Waals surface area contributed by atoms with E-state index in [0.717, 1.165) is 24.2 Å². The van der Waals surface area contributed by atoms with Crippen molar-refractivity contribution < 1.29 is 14.3 Å². The molecule has 0 aliphatic carbocycles. The average Bonchev–Trinajstić information content (AvgIpc) is 3.35. The Balaban J connectivity index is 1.54. The summed E-state index contributed by atoms with van der Waals surface area (Å²) < 4.78 is 6.13. The molecule has 7 heteroatoms. The quantitative estimate of drug-likeness (QED) is 0.365. The van der Waals surface area contributed by atoms with Crippen molar-refractivity contribution in [1.82, 2.24) is 9.80 Å². The highest BCUT2D eigenvalue weighted by Crippen LogP contribution is 2.34. The number of hydrogen-bond donors (Lipinski definition) is 0. The molecule has 0 spiro atoms. The van der Waals surface area contributed by atoms with Crippen LogP contribution in [0.2, 0.25) is 5.02 Å². The van der Waals surface area contributed by atoms with Gasteiger partial charge in [0.2, 0.25) is 5.91 Å². The van der Waals surface area contributed by atoms with E-state index in [1.807, 2.05) is 49.9 Å². The summed E-state index contributed by atoms with van der Waals surface area (Å²) in [7, 11) is 0. The fraction of sp³-hybridized carbons (Fsp3) is 0.357. The number of benzene rings is 2. The zero-order valence-corrected chi connectivity index (χ0v) is 21.9. The first-order valence-electron chi connectivity index (χ1n) is 12.0. The minimum absolute atomic E-state index is 0.0147. The normalized spacial score (nSPS) is 15.9. The van der Waals surface area contributed by atoms with E-state index in [4.69, 9.17) is 16.3 Å². The molecule has 0 radical (unpaired) electrons. The molecular weight excluding hydrogens is 480 g/mol. The topological polar surface area (TPSA) is 49.9 Å². The van der Waals surface area contributed by atoms with Gasteiger partial charge in [-0.2, -0.15) is 0 Å². The average molecular weight is 511 g/mol. The molecule has 2 aromatic carbocycles. The highest BCUT2D eigenvalue weighted by Gasteiger charge is 2.34. The minimum Gasteiger partial charge on any atom is -0.491 e. The van der Waals surface area contributed by atoms with Crippen LogP contribution in [0.4, 0.5) is 0 Å². The molecule has 184 valence electrons. The van der Waals surface area contributed by atoms with E-state index in [1.54, 1.807) is 40.5 Å². The van der Waals surface area contributed by atoms with E-state index in [1.165, 1.54) is 10.4 Å². The molecule has 35 heavy (non-hydrogen) atoms. The Hall–Kier alpha value is -2.83. The van der Waals surface area contributed by atoms with Crippen LogP contribution in [0.15, 0.2) is 60.0 Å². The Morgan fingerprint density at radius 1 is 1.20 bits per heavy atom. The SMILES string of the molecule is CC[C@@H](C)N(CC(=O)N1CCc2sccc2[C@@H]1COc1ccc(C)cc1)C(=O)c1cccc(Cl)c1. The molecule has 0 unspecified atom stereocenters. The van der Waals surface area contributed by atoms with Crippen LogP contribution in [0.5, 0.6) is 5.75 Å². The Morgan fingerprint density at radius 3 is 2.69 bits per heavy atom. The molecule has 2 heterocycles. The van der Waals surface area contributed by atoms with Crippen molar-refractivity contribution in [3.63, 3.8) is 0 Å². The molecule has 4 rings (SSSR count). The second-order valence-electron chi connectivity index (χ2n) is 8.98. The van der Waals surface area contributed by atoms with Crippen LogP contribution < -0.4 is 4.74 Å². The van der Waals surface area contributed by atoms with Gasteiger partial charge in [0.05, 0.1) is 6.04 Å². The number of fused-ring (bicyclic) bond motifs is 1. The lowest BCUT2D eigenvalue weighted by molar-refractivity contribution is -0.136. The number of carbonyl (C=O) groups excluding carboxylic acids is 2. The van der Waals surface area contributed by atoms with E-state index >= 15 is 0 Å². The lowest BCUT2D eigenvalue weighted by Crippen LogP contribution is -2.49. The highest BCUT2D eigenvalue weighted by atomic mass is 35.5. The largest absolute Gasteiger partial charge is 0.491 e. The molecule has 1 aliphatic heterocycles. The minimum atomic E-state index is -0.196. The summed E-state index contributed by atoms with van der Waals surface area (Å²) in [6.45, 7) is 7.01. The number of halogens is 1. The molecule has 1 aliphatic rings. The van der Waals surface area contributed by atoms with Crippen molar-refractivity contribution in [2.24, 2.45) is 0 Å². The van der Waals surface area contributed by atoms with Crippen LogP contribution in [0.3, 0.4) is 0 Å². The fourth-order valence-corrected chi connectivity index (χ4v) is 5.47. The number of thiophene rings is 1. The first kappa shape index (κ1) is 25.3. The molecule has 0 bridgehead atoms. The third kappa shape index (κ3) is 5.88. The summed E-state index contributed by atoms with van der Waals surface area (Å²) in [6, 6.07) is 16.6. The van der Waals surface area contributed by atoms with Crippen LogP contribution >= 0.6 is 22.9 Å². The van der Waals surface area contributed by atoms with Gasteiger partial charge in [0.1, 0.15) is 18.9 Å². The third-order valence-electron chi connectivity index (χ3n) is 6.60. The number of carbonyl (C=O) groups is 2. The van der Waals surface area contributed by atoms with Gasteiger partial charge in [-0.05, 0) is 74.0 Å². The Labute approximate surface area is 216 Å². The molecule has 2 atom stereocenters. The van der Waals surface area contributed by atoms with Crippen LogP contribution in [0.25, 0.3) is 0 Å². The van der Waals surface area contributed by atoms with Gasteiger partial charge in [0.15, 0.2) is 0 Å². The van der Waals surface area contributed by atoms with E-state index in [2.05, 4.69) is 11.4 Å². The maximum absolute atomic E-state index is 13.7. The van der Waals surface area contributed by atoms with Crippen LogP contribution in [0, 0.1) is 6.92 Å². The molecular formula is C28H31ClN2O3S. The first-order chi connectivity index (χ1) is 16.9. The van der Waals surface area contributed by atoms with E-state index in [9.17, 15) is 9.59 Å². The fourth-order valence-electron chi connectivity index (χ4n) is 4.36. The Morgan fingerprint density at radius 2 is 1.97 bits per heavy atom. The lowest BCUT2D eigenvalue weighted by Gasteiger charge is -2.38. The predicted octanol–water partition coefficient (Wildman–Crippen LogP) is 6.16. The lowest BCUT2D eigenvalue weighted by atomic mass is 10.00. The summed E-state index contributed by atoms with van der Waals surface area (Å²) in [5, 5.41) is 2.58. The summed E-state index contributed by atoms with van der Waals surface area (Å²) >= 11 is 7.85. The van der Waals surface area contributed by atoms with E-state index in [0.29, 0.717) is 23.7 Å². The number of amides is 2. The van der Waals surface area contributed by atoms with Gasteiger partial charge in [0.25, 0.3) is 5.91 Å². The second-order valence-corrected chi connectivity index (χ2v) is 10.4. The van der Waals surface area contributed by atoms with Crippen molar-refractivity contribution in [2.45, 2.75) is 45.7 Å². The van der Waals surface area contributed by atoms with E-state index < -0.39 is 0 Å². The van der Waals surface area contributed by atoms with Gasteiger partial charge in [-0.1, -0.05) is 42.3 Å². The molecule has 0 N–H and O–H groups in total. The Kier molecular flexibility index (Phi) is 8.14. The van der Waals surface area contributed by atoms with Crippen molar-refractivity contribution in [3.8, 4) is 5.75 Å². The highest BCUT2D eigenvalue weighted by molar-refractivity contribution is 7.10. The van der Waals surface area contributed by atoms with Crippen molar-refractivity contribution in [3.05, 3.63) is 86.6 Å². The molecule has 2 amide bonds. The van der Waals surface area contributed by atoms with Crippen LogP contribution in [-0.4, -0.2) is 47.4 Å². The third-order valence-corrected chi connectivity index (χ3v) is 7.84. The van der Waals surface area contributed by atoms with Gasteiger partial charge >= 0.3 is 0 Å². The molecule has 3 aromatic rings. The second kappa shape index (κ2) is 11.3. The summed E-state index contributed by atoms with van der Waals surface area (Å²) in [5.41, 5.74) is 2.79. The summed E-state index contributed by atoms with van der Waals surface area (Å²) in [5.74, 6) is 0.522. The smallest absolute Gasteiger partial charge is 0.254 e. The number of nitrogens with zero attached hydrogens (tertiary/aromatic N) is 2. The Bertz CT molecular complexity index is 1180. The number of hydrogen-bond acceptors (Lipinski definition) is 4. The predicted molar refractivity (Wildman–Crippen MR) is 141 cm³/mol. The number of ether oxygens (including phenoxy) is 1. The number of aryl methyl sites for hydroxylation is 1.